The Kier molecular flexibility index (Phi) is 5.20. The Balaban J connectivity index is 1.83. The molecule has 0 spiro atoms. The molecule has 1 aromatic carbocycles. The van der Waals surface area contributed by atoms with Gasteiger partial charge in [-0.25, -0.2) is 0 Å². The first kappa shape index (κ1) is 17.4. The van der Waals surface area contributed by atoms with Crippen LogP contribution < -0.4 is 14.8 Å². The summed E-state index contributed by atoms with van der Waals surface area (Å²) >= 11 is 0. The number of fused-ring (bicyclic) bond motifs is 2. The summed E-state index contributed by atoms with van der Waals surface area (Å²) in [5.41, 5.74) is -0.758. The van der Waals surface area contributed by atoms with E-state index in [4.69, 9.17) is 14.2 Å². The lowest BCUT2D eigenvalue weighted by molar-refractivity contribution is -0.137. The number of hydrogen-bond donors (Lipinski definition) is 1. The lowest BCUT2D eigenvalue weighted by Crippen LogP contribution is -2.52. The summed E-state index contributed by atoms with van der Waals surface area (Å²) < 4.78 is 55.1. The molecule has 3 rings (SSSR count). The highest BCUT2D eigenvalue weighted by Gasteiger charge is 2.39. The maximum absolute atomic E-state index is 12.9. The standard InChI is InChI=1S/C17H22F3NO3/c1-22-10-23-15-7-13(17(18,19)20)5-6-14(15)24-16-11-3-2-4-12(16)9-21-8-11/h5-7,11-12,16,21H,2-4,8-10H2,1H3/t11-,12+,16-. The third-order valence-corrected chi connectivity index (χ3v) is 4.76. The molecule has 2 bridgehead atoms. The van der Waals surface area contributed by atoms with Gasteiger partial charge in [0.15, 0.2) is 18.3 Å². The molecule has 7 heteroatoms. The fourth-order valence-corrected chi connectivity index (χ4v) is 3.60. The van der Waals surface area contributed by atoms with Crippen LogP contribution in [-0.4, -0.2) is 33.1 Å². The monoisotopic (exact) mass is 345 g/mol. The second kappa shape index (κ2) is 7.19. The van der Waals surface area contributed by atoms with E-state index in [1.54, 1.807) is 0 Å². The first-order valence-corrected chi connectivity index (χ1v) is 8.19. The quantitative estimate of drug-likeness (QED) is 0.830. The molecule has 1 heterocycles. The zero-order chi connectivity index (χ0) is 17.2. The molecule has 1 aliphatic heterocycles. The third kappa shape index (κ3) is 3.78. The van der Waals surface area contributed by atoms with E-state index in [1.807, 2.05) is 0 Å². The molecule has 0 unspecified atom stereocenters. The fourth-order valence-electron chi connectivity index (χ4n) is 3.60. The number of halogens is 3. The van der Waals surface area contributed by atoms with Crippen LogP contribution in [0.5, 0.6) is 11.5 Å². The summed E-state index contributed by atoms with van der Waals surface area (Å²) in [6.45, 7) is 1.64. The first-order valence-electron chi connectivity index (χ1n) is 8.19. The van der Waals surface area contributed by atoms with Crippen molar-refractivity contribution in [3.05, 3.63) is 23.8 Å². The topological polar surface area (TPSA) is 39.7 Å². The molecule has 1 aliphatic carbocycles. The molecule has 2 fully saturated rings. The molecule has 24 heavy (non-hydrogen) atoms. The van der Waals surface area contributed by atoms with Gasteiger partial charge in [0, 0.05) is 32.0 Å². The van der Waals surface area contributed by atoms with Crippen molar-refractivity contribution in [3.8, 4) is 11.5 Å². The van der Waals surface area contributed by atoms with Crippen LogP contribution in [0.1, 0.15) is 24.8 Å². The van der Waals surface area contributed by atoms with Crippen LogP contribution in [-0.2, 0) is 10.9 Å². The molecule has 4 nitrogen and oxygen atoms in total. The van der Waals surface area contributed by atoms with E-state index in [2.05, 4.69) is 5.32 Å². The molecule has 1 saturated heterocycles. The summed E-state index contributed by atoms with van der Waals surface area (Å²) in [6, 6.07) is 3.36. The molecular formula is C17H22F3NO3. The fraction of sp³-hybridized carbons (Fsp3) is 0.647. The summed E-state index contributed by atoms with van der Waals surface area (Å²) in [7, 11) is 1.42. The van der Waals surface area contributed by atoms with Crippen molar-refractivity contribution in [1.29, 1.82) is 0 Å². The maximum atomic E-state index is 12.9. The second-order valence-corrected chi connectivity index (χ2v) is 6.40. The molecule has 1 aromatic rings. The molecule has 2 aliphatic rings. The number of benzene rings is 1. The minimum absolute atomic E-state index is 0.0154. The van der Waals surface area contributed by atoms with Crippen LogP contribution in [0.4, 0.5) is 13.2 Å². The molecule has 134 valence electrons. The molecule has 0 aromatic heterocycles. The number of hydrogen-bond acceptors (Lipinski definition) is 4. The summed E-state index contributed by atoms with van der Waals surface area (Å²) in [6.07, 6.45) is -1.08. The largest absolute Gasteiger partial charge is 0.486 e. The highest BCUT2D eigenvalue weighted by Crippen LogP contribution is 2.40. The third-order valence-electron chi connectivity index (χ3n) is 4.76. The predicted octanol–water partition coefficient (Wildman–Crippen LogP) is 3.46. The lowest BCUT2D eigenvalue weighted by Gasteiger charge is -2.42. The van der Waals surface area contributed by atoms with Gasteiger partial charge >= 0.3 is 6.18 Å². The van der Waals surface area contributed by atoms with E-state index in [9.17, 15) is 13.2 Å². The number of methoxy groups -OCH3 is 1. The second-order valence-electron chi connectivity index (χ2n) is 6.40. The first-order chi connectivity index (χ1) is 11.5. The maximum Gasteiger partial charge on any atom is 0.416 e. The van der Waals surface area contributed by atoms with Crippen molar-refractivity contribution in [2.45, 2.75) is 31.5 Å². The zero-order valence-corrected chi connectivity index (χ0v) is 13.6. The van der Waals surface area contributed by atoms with Crippen molar-refractivity contribution in [2.24, 2.45) is 11.8 Å². The van der Waals surface area contributed by atoms with E-state index >= 15 is 0 Å². The van der Waals surface area contributed by atoms with Gasteiger partial charge in [-0.15, -0.1) is 0 Å². The highest BCUT2D eigenvalue weighted by atomic mass is 19.4. The molecule has 0 amide bonds. The molecule has 1 saturated carbocycles. The lowest BCUT2D eigenvalue weighted by atomic mass is 9.76. The van der Waals surface area contributed by atoms with Crippen LogP contribution in [0.25, 0.3) is 0 Å². The van der Waals surface area contributed by atoms with Crippen molar-refractivity contribution in [1.82, 2.24) is 5.32 Å². The van der Waals surface area contributed by atoms with Crippen molar-refractivity contribution < 1.29 is 27.4 Å². The van der Waals surface area contributed by atoms with Gasteiger partial charge in [0.2, 0.25) is 0 Å². The normalized spacial score (nSPS) is 26.9. The van der Waals surface area contributed by atoms with Gasteiger partial charge in [-0.1, -0.05) is 6.42 Å². The van der Waals surface area contributed by atoms with Crippen molar-refractivity contribution in [3.63, 3.8) is 0 Å². The SMILES string of the molecule is COCOc1cc(C(F)(F)F)ccc1O[C@@H]1[C@@H]2CCC[C@H]1CNC2. The van der Waals surface area contributed by atoms with Gasteiger partial charge < -0.3 is 19.5 Å². The molecule has 1 N–H and O–H groups in total. The Labute approximate surface area is 139 Å². The summed E-state index contributed by atoms with van der Waals surface area (Å²) in [4.78, 5) is 0. The van der Waals surface area contributed by atoms with Gasteiger partial charge in [0.25, 0.3) is 0 Å². The van der Waals surface area contributed by atoms with E-state index in [-0.39, 0.29) is 18.6 Å². The van der Waals surface area contributed by atoms with Crippen LogP contribution in [0.15, 0.2) is 18.2 Å². The van der Waals surface area contributed by atoms with Gasteiger partial charge in [0.1, 0.15) is 6.10 Å². The number of alkyl halides is 3. The number of piperidine rings is 1. The van der Waals surface area contributed by atoms with Crippen LogP contribution in [0, 0.1) is 11.8 Å². The molecular weight excluding hydrogens is 323 g/mol. The summed E-state index contributed by atoms with van der Waals surface area (Å²) in [5, 5.41) is 3.40. The van der Waals surface area contributed by atoms with Crippen molar-refractivity contribution >= 4 is 0 Å². The Morgan fingerprint density at radius 1 is 1.12 bits per heavy atom. The average Bonchev–Trinajstić information content (AvgIpc) is 2.52. The van der Waals surface area contributed by atoms with Crippen LogP contribution in [0.3, 0.4) is 0 Å². The zero-order valence-electron chi connectivity index (χ0n) is 13.6. The van der Waals surface area contributed by atoms with E-state index in [0.717, 1.165) is 38.1 Å². The average molecular weight is 345 g/mol. The van der Waals surface area contributed by atoms with Gasteiger partial charge in [-0.3, -0.25) is 0 Å². The molecule has 0 radical (unpaired) electrons. The van der Waals surface area contributed by atoms with Gasteiger partial charge in [-0.05, 0) is 31.0 Å². The summed E-state index contributed by atoms with van der Waals surface area (Å²) in [5.74, 6) is 1.19. The van der Waals surface area contributed by atoms with Crippen LogP contribution in [0.2, 0.25) is 0 Å². The minimum Gasteiger partial charge on any atom is -0.486 e. The Morgan fingerprint density at radius 2 is 1.83 bits per heavy atom. The Hall–Kier alpha value is -1.47. The number of rotatable bonds is 5. The Morgan fingerprint density at radius 3 is 2.46 bits per heavy atom. The van der Waals surface area contributed by atoms with Gasteiger partial charge in [-0.2, -0.15) is 13.2 Å². The van der Waals surface area contributed by atoms with Crippen LogP contribution >= 0.6 is 0 Å². The van der Waals surface area contributed by atoms with E-state index in [0.29, 0.717) is 17.6 Å². The number of ether oxygens (including phenoxy) is 3. The van der Waals surface area contributed by atoms with Gasteiger partial charge in [0.05, 0.1) is 5.56 Å². The minimum atomic E-state index is -4.42. The number of nitrogens with one attached hydrogen (secondary N) is 1. The predicted molar refractivity (Wildman–Crippen MR) is 82.1 cm³/mol. The molecule has 3 atom stereocenters. The highest BCUT2D eigenvalue weighted by molar-refractivity contribution is 5.44. The Bertz CT molecular complexity index is 543. The smallest absolute Gasteiger partial charge is 0.416 e. The van der Waals surface area contributed by atoms with Crippen molar-refractivity contribution in [2.75, 3.05) is 27.0 Å². The van der Waals surface area contributed by atoms with E-state index in [1.165, 1.54) is 19.6 Å². The van der Waals surface area contributed by atoms with E-state index < -0.39 is 11.7 Å².